The summed E-state index contributed by atoms with van der Waals surface area (Å²) < 4.78 is 19.9. The van der Waals surface area contributed by atoms with Gasteiger partial charge in [0.15, 0.2) is 11.5 Å². The molecule has 4 aliphatic rings. The second kappa shape index (κ2) is 13.2. The minimum atomic E-state index is -1.64. The van der Waals surface area contributed by atoms with Crippen molar-refractivity contribution in [3.63, 3.8) is 0 Å². The number of hydrogen-bond acceptors (Lipinski definition) is 9. The first-order valence-electron chi connectivity index (χ1n) is 16.9. The van der Waals surface area contributed by atoms with Gasteiger partial charge in [0.25, 0.3) is 17.5 Å². The highest BCUT2D eigenvalue weighted by atomic mass is 127. The molecule has 4 aromatic rings. The average Bonchev–Trinajstić information content (AvgIpc) is 3.54. The Bertz CT molecular complexity index is 2320. The summed E-state index contributed by atoms with van der Waals surface area (Å²) in [5.74, 6) is -7.33. The van der Waals surface area contributed by atoms with Crippen molar-refractivity contribution in [2.45, 2.75) is 24.2 Å². The summed E-state index contributed by atoms with van der Waals surface area (Å²) in [6.07, 6.45) is 1.98. The standard InChI is InChI=1S/C39H29ClFIN4O8/c1-54-31-16-19(15-30(42)34(31)47)33-26-13-14-27-32(37(50)44(35(27)48)24-3-2-4-25(17-24)46(52)53)28(26)18-29-36(49)45(43-23-11-9-22(41)10-12-23)38(51)39(29,33)20-5-7-21(40)8-6-20/h2-13,15-17,27-29,32-33,43,47H,14,18H2,1H3/t27-,28+,29-,32-,33-,39+/m0/s1. The summed E-state index contributed by atoms with van der Waals surface area (Å²) in [6.45, 7) is 0. The summed E-state index contributed by atoms with van der Waals surface area (Å²) in [5, 5.41) is 23.8. The number of phenols is 1. The first kappa shape index (κ1) is 35.7. The number of halogens is 3. The number of nitro benzene ring substituents is 1. The molecule has 0 spiro atoms. The maximum absolute atomic E-state index is 15.3. The lowest BCUT2D eigenvalue weighted by molar-refractivity contribution is -0.384. The van der Waals surface area contributed by atoms with Gasteiger partial charge in [0.2, 0.25) is 11.8 Å². The molecule has 6 atom stereocenters. The molecular formula is C39H29ClFIN4O8. The van der Waals surface area contributed by atoms with Gasteiger partial charge < -0.3 is 9.84 Å². The SMILES string of the molecule is COc1cc([C@H]2C3=CC[C@@H]4C(=O)N(c5cccc([N+](=O)[O-])c5)C(=O)[C@@H]4[C@@H]3C[C@H]3C(=O)N(Nc4ccc(F)cc4)C(=O)[C@@]23c2ccc(Cl)cc2)cc(I)c1O. The molecule has 0 bridgehead atoms. The summed E-state index contributed by atoms with van der Waals surface area (Å²) >= 11 is 8.31. The molecule has 2 N–H and O–H groups in total. The lowest BCUT2D eigenvalue weighted by Crippen LogP contribution is -2.53. The molecule has 0 unspecified atom stereocenters. The van der Waals surface area contributed by atoms with E-state index in [-0.39, 0.29) is 41.4 Å². The van der Waals surface area contributed by atoms with Crippen molar-refractivity contribution >= 4 is 74.9 Å². The van der Waals surface area contributed by atoms with Gasteiger partial charge in [-0.15, -0.1) is 0 Å². The van der Waals surface area contributed by atoms with Crippen LogP contribution in [0.25, 0.3) is 0 Å². The zero-order valence-corrected chi connectivity index (χ0v) is 31.2. The Labute approximate surface area is 325 Å². The highest BCUT2D eigenvalue weighted by Gasteiger charge is 2.70. The normalized spacial score (nSPS) is 25.9. The summed E-state index contributed by atoms with van der Waals surface area (Å²) in [7, 11) is 1.39. The van der Waals surface area contributed by atoms with E-state index in [2.05, 4.69) is 5.43 Å². The highest BCUT2D eigenvalue weighted by Crippen LogP contribution is 2.64. The number of imide groups is 2. The van der Waals surface area contributed by atoms with E-state index in [0.29, 0.717) is 25.3 Å². The van der Waals surface area contributed by atoms with Crippen molar-refractivity contribution in [3.8, 4) is 11.5 Å². The third-order valence-corrected chi connectivity index (χ3v) is 12.2. The molecule has 1 saturated carbocycles. The van der Waals surface area contributed by atoms with E-state index in [1.54, 1.807) is 36.4 Å². The van der Waals surface area contributed by atoms with Gasteiger partial charge in [-0.05, 0) is 107 Å². The number of benzene rings is 4. The number of nitrogens with zero attached hydrogens (tertiary/aromatic N) is 3. The number of rotatable bonds is 7. The number of hydrazine groups is 1. The third-order valence-electron chi connectivity index (χ3n) is 11.2. The van der Waals surface area contributed by atoms with Crippen LogP contribution >= 0.6 is 34.2 Å². The number of aromatic hydroxyl groups is 1. The van der Waals surface area contributed by atoms with E-state index >= 15 is 4.79 Å². The van der Waals surface area contributed by atoms with Crippen LogP contribution in [0.4, 0.5) is 21.5 Å². The first-order valence-corrected chi connectivity index (χ1v) is 18.4. The van der Waals surface area contributed by atoms with E-state index in [9.17, 15) is 34.0 Å². The van der Waals surface area contributed by atoms with Gasteiger partial charge in [-0.1, -0.05) is 41.4 Å². The molecule has 4 amide bonds. The topological polar surface area (TPSA) is 159 Å². The fraction of sp³-hybridized carbons (Fsp3) is 0.231. The Morgan fingerprint density at radius 2 is 1.70 bits per heavy atom. The maximum Gasteiger partial charge on any atom is 0.271 e. The van der Waals surface area contributed by atoms with Crippen LogP contribution in [-0.2, 0) is 24.6 Å². The van der Waals surface area contributed by atoms with Crippen LogP contribution in [0.15, 0.2) is 96.6 Å². The number of methoxy groups -OCH3 is 1. The molecule has 0 aromatic heterocycles. The molecule has 54 heavy (non-hydrogen) atoms. The zero-order valence-electron chi connectivity index (χ0n) is 28.2. The maximum atomic E-state index is 15.3. The van der Waals surface area contributed by atoms with Crippen LogP contribution in [0.1, 0.15) is 29.9 Å². The van der Waals surface area contributed by atoms with Crippen molar-refractivity contribution in [2.75, 3.05) is 17.4 Å². The van der Waals surface area contributed by atoms with E-state index in [1.807, 2.05) is 28.7 Å². The Kier molecular flexibility index (Phi) is 8.72. The number of phenolic OH excluding ortho intramolecular Hbond substituents is 1. The minimum absolute atomic E-state index is 0.00753. The number of allylic oxidation sites excluding steroid dienone is 2. The molecule has 3 fully saturated rings. The number of carbonyl (C=O) groups is 4. The molecule has 8 rings (SSSR count). The quantitative estimate of drug-likeness (QED) is 0.0663. The van der Waals surface area contributed by atoms with Gasteiger partial charge in [-0.25, -0.2) is 9.29 Å². The van der Waals surface area contributed by atoms with Gasteiger partial charge >= 0.3 is 0 Å². The smallest absolute Gasteiger partial charge is 0.271 e. The molecule has 4 aromatic carbocycles. The largest absolute Gasteiger partial charge is 0.504 e. The fourth-order valence-corrected chi connectivity index (χ4v) is 9.70. The Morgan fingerprint density at radius 3 is 2.39 bits per heavy atom. The van der Waals surface area contributed by atoms with Crippen molar-refractivity contribution < 1.29 is 38.3 Å². The Hall–Kier alpha value is -5.35. The van der Waals surface area contributed by atoms with Gasteiger partial charge in [0.05, 0.1) is 50.1 Å². The van der Waals surface area contributed by atoms with E-state index < -0.39 is 69.4 Å². The average molecular weight is 863 g/mol. The van der Waals surface area contributed by atoms with Crippen molar-refractivity contribution in [1.29, 1.82) is 0 Å². The zero-order chi connectivity index (χ0) is 38.2. The molecule has 0 radical (unpaired) electrons. The molecule has 15 heteroatoms. The van der Waals surface area contributed by atoms with Crippen molar-refractivity contribution in [3.05, 3.63) is 132 Å². The minimum Gasteiger partial charge on any atom is -0.504 e. The lowest BCUT2D eigenvalue weighted by Gasteiger charge is -2.50. The van der Waals surface area contributed by atoms with E-state index in [1.165, 1.54) is 55.6 Å². The first-order chi connectivity index (χ1) is 25.9. The number of hydrogen-bond donors (Lipinski definition) is 2. The molecule has 274 valence electrons. The second-order valence-electron chi connectivity index (χ2n) is 13.7. The number of nitrogens with one attached hydrogen (secondary N) is 1. The van der Waals surface area contributed by atoms with Crippen LogP contribution in [0.5, 0.6) is 11.5 Å². The summed E-state index contributed by atoms with van der Waals surface area (Å²) in [4.78, 5) is 70.7. The Morgan fingerprint density at radius 1 is 0.981 bits per heavy atom. The van der Waals surface area contributed by atoms with Crippen LogP contribution in [0.2, 0.25) is 5.02 Å². The molecule has 12 nitrogen and oxygen atoms in total. The van der Waals surface area contributed by atoms with Crippen molar-refractivity contribution in [1.82, 2.24) is 5.01 Å². The van der Waals surface area contributed by atoms with E-state index in [0.717, 1.165) is 9.91 Å². The highest BCUT2D eigenvalue weighted by molar-refractivity contribution is 14.1. The van der Waals surface area contributed by atoms with Gasteiger partial charge in [0, 0.05) is 23.1 Å². The predicted molar refractivity (Wildman–Crippen MR) is 202 cm³/mol. The van der Waals surface area contributed by atoms with Gasteiger partial charge in [-0.3, -0.25) is 34.7 Å². The predicted octanol–water partition coefficient (Wildman–Crippen LogP) is 6.90. The number of amides is 4. The monoisotopic (exact) mass is 862 g/mol. The molecular weight excluding hydrogens is 834 g/mol. The summed E-state index contributed by atoms with van der Waals surface area (Å²) in [6, 6.07) is 20.5. The summed E-state index contributed by atoms with van der Waals surface area (Å²) in [5.41, 5.74) is 2.96. The van der Waals surface area contributed by atoms with Gasteiger partial charge in [-0.2, -0.15) is 5.01 Å². The van der Waals surface area contributed by atoms with Gasteiger partial charge in [0.1, 0.15) is 5.82 Å². The number of non-ortho nitro benzene ring substituents is 1. The Balaban J connectivity index is 1.34. The van der Waals surface area contributed by atoms with E-state index in [4.69, 9.17) is 16.3 Å². The molecule has 2 heterocycles. The lowest BCUT2D eigenvalue weighted by atomic mass is 9.49. The number of fused-ring (bicyclic) bond motifs is 4. The number of ether oxygens (including phenoxy) is 1. The number of anilines is 2. The molecule has 2 saturated heterocycles. The van der Waals surface area contributed by atoms with Crippen LogP contribution in [0.3, 0.4) is 0 Å². The molecule has 2 aliphatic carbocycles. The number of nitro groups is 1. The second-order valence-corrected chi connectivity index (χ2v) is 15.3. The van der Waals surface area contributed by atoms with Crippen molar-refractivity contribution in [2.24, 2.45) is 23.7 Å². The number of carbonyl (C=O) groups excluding carboxylic acids is 4. The third kappa shape index (κ3) is 5.28. The van der Waals surface area contributed by atoms with Crippen LogP contribution in [-0.4, -0.2) is 45.8 Å². The fourth-order valence-electron chi connectivity index (χ4n) is 8.95. The van der Waals surface area contributed by atoms with Crippen LogP contribution < -0.4 is 15.1 Å². The van der Waals surface area contributed by atoms with Crippen LogP contribution in [0, 0.1) is 43.2 Å². The molecule has 2 aliphatic heterocycles.